The van der Waals surface area contributed by atoms with Crippen LogP contribution in [0, 0.1) is 6.92 Å². The van der Waals surface area contributed by atoms with Gasteiger partial charge in [0.2, 0.25) is 5.95 Å². The molecule has 1 aliphatic heterocycles. The summed E-state index contributed by atoms with van der Waals surface area (Å²) in [4.78, 5) is 11.3. The summed E-state index contributed by atoms with van der Waals surface area (Å²) in [5, 5.41) is 0.608. The number of alkyl halides is 1. The minimum atomic E-state index is -0.954. The van der Waals surface area contributed by atoms with Gasteiger partial charge in [-0.3, -0.25) is 4.98 Å². The van der Waals surface area contributed by atoms with Gasteiger partial charge in [-0.1, -0.05) is 17.7 Å². The van der Waals surface area contributed by atoms with Gasteiger partial charge in [-0.25, -0.2) is 9.37 Å². The summed E-state index contributed by atoms with van der Waals surface area (Å²) in [6.45, 7) is 3.68. The van der Waals surface area contributed by atoms with E-state index in [2.05, 4.69) is 27.4 Å². The predicted molar refractivity (Wildman–Crippen MR) is 103 cm³/mol. The molecule has 3 heterocycles. The molecule has 2 aromatic heterocycles. The number of halogens is 2. The van der Waals surface area contributed by atoms with Crippen molar-refractivity contribution in [2.75, 3.05) is 18.0 Å². The van der Waals surface area contributed by atoms with Crippen LogP contribution in [-0.4, -0.2) is 39.8 Å². The number of hydrogen-bond acceptors (Lipinski definition) is 4. The van der Waals surface area contributed by atoms with Crippen LogP contribution < -0.4 is 10.6 Å². The van der Waals surface area contributed by atoms with Crippen molar-refractivity contribution < 1.29 is 4.39 Å². The topological polar surface area (TPSA) is 60.0 Å². The van der Waals surface area contributed by atoms with Crippen LogP contribution in [0.2, 0.25) is 5.02 Å². The fourth-order valence-corrected chi connectivity index (χ4v) is 3.53. The van der Waals surface area contributed by atoms with E-state index >= 15 is 0 Å². The molecule has 0 spiro atoms. The molecule has 0 bridgehead atoms. The first-order chi connectivity index (χ1) is 12.5. The van der Waals surface area contributed by atoms with E-state index in [1.165, 1.54) is 0 Å². The van der Waals surface area contributed by atoms with Crippen LogP contribution in [0.15, 0.2) is 36.5 Å². The highest BCUT2D eigenvalue weighted by Gasteiger charge is 2.29. The number of nitrogens with zero attached hydrogens (tertiary/aromatic N) is 4. The van der Waals surface area contributed by atoms with E-state index < -0.39 is 12.2 Å². The van der Waals surface area contributed by atoms with Crippen molar-refractivity contribution in [1.82, 2.24) is 14.5 Å². The molecule has 0 radical (unpaired) electrons. The van der Waals surface area contributed by atoms with E-state index in [1.807, 2.05) is 24.3 Å². The van der Waals surface area contributed by atoms with Crippen molar-refractivity contribution in [3.8, 4) is 0 Å². The molecule has 136 valence electrons. The van der Waals surface area contributed by atoms with Gasteiger partial charge in [-0.2, -0.15) is 0 Å². The molecule has 7 heteroatoms. The molecule has 1 aliphatic rings. The average molecular weight is 374 g/mol. The van der Waals surface area contributed by atoms with Crippen molar-refractivity contribution in [3.63, 3.8) is 0 Å². The van der Waals surface area contributed by atoms with E-state index in [9.17, 15) is 4.39 Å². The molecule has 0 saturated carbocycles. The van der Waals surface area contributed by atoms with Crippen LogP contribution in [0.4, 0.5) is 10.3 Å². The van der Waals surface area contributed by atoms with Crippen molar-refractivity contribution in [2.24, 2.45) is 5.73 Å². The van der Waals surface area contributed by atoms with Gasteiger partial charge in [-0.05, 0) is 43.2 Å². The number of piperidine rings is 1. The van der Waals surface area contributed by atoms with Gasteiger partial charge in [0.15, 0.2) is 0 Å². The molecular weight excluding hydrogens is 353 g/mol. The Balaban J connectivity index is 1.77. The molecular formula is C19H21ClFN5. The lowest BCUT2D eigenvalue weighted by Crippen LogP contribution is -2.50. The van der Waals surface area contributed by atoms with Gasteiger partial charge < -0.3 is 15.2 Å². The predicted octanol–water partition coefficient (Wildman–Crippen LogP) is 3.32. The van der Waals surface area contributed by atoms with E-state index in [4.69, 9.17) is 22.3 Å². The lowest BCUT2D eigenvalue weighted by Gasteiger charge is -2.34. The minimum Gasteiger partial charge on any atom is -0.340 e. The first-order valence-electron chi connectivity index (χ1n) is 8.73. The Morgan fingerprint density at radius 1 is 1.31 bits per heavy atom. The van der Waals surface area contributed by atoms with E-state index in [-0.39, 0.29) is 0 Å². The van der Waals surface area contributed by atoms with Crippen molar-refractivity contribution >= 4 is 28.6 Å². The highest BCUT2D eigenvalue weighted by molar-refractivity contribution is 6.30. The Morgan fingerprint density at radius 2 is 2.15 bits per heavy atom. The van der Waals surface area contributed by atoms with Crippen molar-refractivity contribution in [1.29, 1.82) is 0 Å². The van der Waals surface area contributed by atoms with Gasteiger partial charge >= 0.3 is 0 Å². The third kappa shape index (κ3) is 3.27. The van der Waals surface area contributed by atoms with Crippen LogP contribution >= 0.6 is 11.6 Å². The van der Waals surface area contributed by atoms with Gasteiger partial charge in [0.25, 0.3) is 0 Å². The van der Waals surface area contributed by atoms with Crippen molar-refractivity contribution in [3.05, 3.63) is 52.8 Å². The molecule has 1 fully saturated rings. The Labute approximate surface area is 156 Å². The van der Waals surface area contributed by atoms with E-state index in [0.29, 0.717) is 31.1 Å². The summed E-state index contributed by atoms with van der Waals surface area (Å²) in [5.74, 6) is 0.810. The number of fused-ring (bicyclic) bond motifs is 1. The third-order valence-corrected chi connectivity index (χ3v) is 5.07. The highest BCUT2D eigenvalue weighted by Crippen LogP contribution is 2.27. The van der Waals surface area contributed by atoms with Crippen LogP contribution in [0.1, 0.15) is 17.7 Å². The largest absolute Gasteiger partial charge is 0.340 e. The Kier molecular flexibility index (Phi) is 4.54. The van der Waals surface area contributed by atoms with E-state index in [0.717, 1.165) is 28.2 Å². The molecule has 1 saturated heterocycles. The Morgan fingerprint density at radius 3 is 2.88 bits per heavy atom. The van der Waals surface area contributed by atoms with Crippen LogP contribution in [-0.2, 0) is 6.54 Å². The lowest BCUT2D eigenvalue weighted by atomic mass is 10.1. The molecule has 2 N–H and O–H groups in total. The molecule has 0 amide bonds. The summed E-state index contributed by atoms with van der Waals surface area (Å²) in [7, 11) is 0. The number of anilines is 1. The maximum absolute atomic E-state index is 13.8. The van der Waals surface area contributed by atoms with E-state index in [1.54, 1.807) is 6.20 Å². The minimum absolute atomic E-state index is 0.419. The number of benzene rings is 1. The Hall–Kier alpha value is -2.18. The monoisotopic (exact) mass is 373 g/mol. The number of imidazole rings is 1. The molecule has 4 rings (SSSR count). The second-order valence-electron chi connectivity index (χ2n) is 6.87. The normalized spacial score (nSPS) is 20.7. The summed E-state index contributed by atoms with van der Waals surface area (Å²) in [6, 6.07) is 9.42. The number of aryl methyl sites for hydroxylation is 1. The van der Waals surface area contributed by atoms with Gasteiger partial charge in [0, 0.05) is 19.3 Å². The second kappa shape index (κ2) is 6.85. The standard InChI is InChI=1S/C19H21ClFN5/c1-12-2-5-17-18(8-12)26(10-14-4-3-13(20)9-23-14)19(24-17)25-7-6-15(21)16(22)11-25/h2-5,8-9,15-16H,6-7,10-11,22H2,1H3/t15-,16-/m1/s1. The van der Waals surface area contributed by atoms with Gasteiger partial charge in [-0.15, -0.1) is 0 Å². The molecule has 5 nitrogen and oxygen atoms in total. The zero-order chi connectivity index (χ0) is 18.3. The Bertz CT molecular complexity index is 924. The van der Waals surface area contributed by atoms with Crippen LogP contribution in [0.25, 0.3) is 11.0 Å². The molecule has 2 atom stereocenters. The number of aromatic nitrogens is 3. The third-order valence-electron chi connectivity index (χ3n) is 4.85. The number of pyridine rings is 1. The number of nitrogens with two attached hydrogens (primary N) is 1. The SMILES string of the molecule is Cc1ccc2nc(N3CC[C@@H](F)[C@H](N)C3)n(Cc3ccc(Cl)cn3)c2c1. The highest BCUT2D eigenvalue weighted by atomic mass is 35.5. The average Bonchev–Trinajstić information content (AvgIpc) is 2.97. The maximum Gasteiger partial charge on any atom is 0.206 e. The number of hydrogen-bond donors (Lipinski definition) is 1. The summed E-state index contributed by atoms with van der Waals surface area (Å²) >= 11 is 5.95. The molecule has 3 aromatic rings. The van der Waals surface area contributed by atoms with Crippen LogP contribution in [0.5, 0.6) is 0 Å². The van der Waals surface area contributed by atoms with Gasteiger partial charge in [0.05, 0.1) is 34.3 Å². The molecule has 0 unspecified atom stereocenters. The maximum atomic E-state index is 13.8. The quantitative estimate of drug-likeness (QED) is 0.765. The summed E-state index contributed by atoms with van der Waals surface area (Å²) in [5.41, 5.74) is 9.96. The van der Waals surface area contributed by atoms with Crippen LogP contribution in [0.3, 0.4) is 0 Å². The fraction of sp³-hybridized carbons (Fsp3) is 0.368. The fourth-order valence-electron chi connectivity index (χ4n) is 3.41. The van der Waals surface area contributed by atoms with Crippen molar-refractivity contribution in [2.45, 2.75) is 32.1 Å². The molecule has 0 aliphatic carbocycles. The smallest absolute Gasteiger partial charge is 0.206 e. The molecule has 26 heavy (non-hydrogen) atoms. The van der Waals surface area contributed by atoms with Gasteiger partial charge in [0.1, 0.15) is 6.17 Å². The second-order valence-corrected chi connectivity index (χ2v) is 7.31. The summed E-state index contributed by atoms with van der Waals surface area (Å²) in [6.07, 6.45) is 1.11. The zero-order valence-electron chi connectivity index (χ0n) is 14.6. The first-order valence-corrected chi connectivity index (χ1v) is 9.11. The first kappa shape index (κ1) is 17.2. The lowest BCUT2D eigenvalue weighted by molar-refractivity contribution is 0.243. The zero-order valence-corrected chi connectivity index (χ0v) is 15.3. The molecule has 1 aromatic carbocycles. The number of rotatable bonds is 3. The summed E-state index contributed by atoms with van der Waals surface area (Å²) < 4.78 is 15.9.